The second-order valence-corrected chi connectivity index (χ2v) is 5.35. The Kier molecular flexibility index (Phi) is 4.74. The Morgan fingerprint density at radius 2 is 2.10 bits per heavy atom. The summed E-state index contributed by atoms with van der Waals surface area (Å²) < 4.78 is 15.9. The fourth-order valence-corrected chi connectivity index (χ4v) is 2.49. The van der Waals surface area contributed by atoms with Crippen molar-refractivity contribution < 1.29 is 23.5 Å². The number of ether oxygens (including phenoxy) is 2. The highest BCUT2D eigenvalue weighted by atomic mass is 79.9. The van der Waals surface area contributed by atoms with Crippen LogP contribution in [0.15, 0.2) is 27.1 Å². The van der Waals surface area contributed by atoms with Gasteiger partial charge in [-0.2, -0.15) is 0 Å². The average molecular weight is 371 g/mol. The second kappa shape index (κ2) is 6.36. The highest BCUT2D eigenvalue weighted by Crippen LogP contribution is 2.31. The van der Waals surface area contributed by atoms with Gasteiger partial charge in [-0.25, -0.2) is 0 Å². The van der Waals surface area contributed by atoms with Crippen LogP contribution in [0.1, 0.15) is 12.5 Å². The highest BCUT2D eigenvalue weighted by Gasteiger charge is 2.15. The van der Waals surface area contributed by atoms with Crippen molar-refractivity contribution in [2.45, 2.75) is 13.3 Å². The van der Waals surface area contributed by atoms with Gasteiger partial charge in [0.15, 0.2) is 0 Å². The van der Waals surface area contributed by atoms with Crippen LogP contribution in [-0.4, -0.2) is 19.0 Å². The molecule has 0 amide bonds. The Bertz CT molecular complexity index is 781. The summed E-state index contributed by atoms with van der Waals surface area (Å²) in [7, 11) is 1.32. The summed E-state index contributed by atoms with van der Waals surface area (Å²) in [5, 5.41) is 0.691. The quantitative estimate of drug-likeness (QED) is 0.467. The van der Waals surface area contributed by atoms with E-state index in [0.29, 0.717) is 26.8 Å². The molecule has 0 aliphatic carbocycles. The van der Waals surface area contributed by atoms with Gasteiger partial charge in [0.05, 0.1) is 18.0 Å². The van der Waals surface area contributed by atoms with Crippen molar-refractivity contribution in [3.05, 3.63) is 32.9 Å². The highest BCUT2D eigenvalue weighted by molar-refractivity contribution is 9.10. The van der Waals surface area contributed by atoms with Crippen LogP contribution in [0.2, 0.25) is 0 Å². The van der Waals surface area contributed by atoms with Gasteiger partial charge in [-0.15, -0.1) is 0 Å². The lowest BCUT2D eigenvalue weighted by atomic mass is 10.1. The summed E-state index contributed by atoms with van der Waals surface area (Å²) in [4.78, 5) is 22.5. The SMILES string of the molecule is COC(=O)Cc1c(Br)c(=S)oc2cc(OC(C)=O)ccc12. The molecule has 1 aromatic heterocycles. The molecule has 0 radical (unpaired) electrons. The van der Waals surface area contributed by atoms with E-state index in [-0.39, 0.29) is 17.1 Å². The third-order valence-electron chi connectivity index (χ3n) is 2.74. The van der Waals surface area contributed by atoms with Gasteiger partial charge >= 0.3 is 11.9 Å². The molecule has 0 N–H and O–H groups in total. The number of carbonyl (C=O) groups excluding carboxylic acids is 2. The van der Waals surface area contributed by atoms with Crippen molar-refractivity contribution in [3.8, 4) is 5.75 Å². The maximum Gasteiger partial charge on any atom is 0.310 e. The van der Waals surface area contributed by atoms with Crippen LogP contribution >= 0.6 is 28.1 Å². The third-order valence-corrected chi connectivity index (χ3v) is 4.12. The lowest BCUT2D eigenvalue weighted by Crippen LogP contribution is -2.06. The summed E-state index contributed by atoms with van der Waals surface area (Å²) in [5.41, 5.74) is 1.10. The number of rotatable bonds is 3. The fourth-order valence-electron chi connectivity index (χ4n) is 1.84. The van der Waals surface area contributed by atoms with Gasteiger partial charge in [0.2, 0.25) is 4.71 Å². The molecule has 0 bridgehead atoms. The molecule has 2 rings (SSSR count). The van der Waals surface area contributed by atoms with E-state index >= 15 is 0 Å². The summed E-state index contributed by atoms with van der Waals surface area (Å²) in [6.07, 6.45) is 0.0560. The van der Waals surface area contributed by atoms with E-state index in [1.54, 1.807) is 18.2 Å². The molecule has 0 aliphatic heterocycles. The zero-order chi connectivity index (χ0) is 15.6. The molecule has 0 aliphatic rings. The Balaban J connectivity index is 2.61. The maximum absolute atomic E-state index is 11.5. The van der Waals surface area contributed by atoms with Gasteiger partial charge in [0.1, 0.15) is 11.3 Å². The normalized spacial score (nSPS) is 10.4. The minimum absolute atomic E-state index is 0.0560. The van der Waals surface area contributed by atoms with Crippen molar-refractivity contribution in [1.29, 1.82) is 0 Å². The zero-order valence-electron chi connectivity index (χ0n) is 11.3. The predicted molar refractivity (Wildman–Crippen MR) is 81.8 cm³/mol. The molecule has 0 saturated carbocycles. The topological polar surface area (TPSA) is 65.7 Å². The molecule has 0 atom stereocenters. The molecular weight excluding hydrogens is 360 g/mol. The lowest BCUT2D eigenvalue weighted by Gasteiger charge is -2.09. The molecular formula is C14H11BrO5S. The Hall–Kier alpha value is -1.73. The standard InChI is InChI=1S/C14H11BrO5S/c1-7(16)19-8-3-4-9-10(6-12(17)18-2)13(15)14(21)20-11(9)5-8/h3-5H,6H2,1-2H3. The average Bonchev–Trinajstić information content (AvgIpc) is 2.42. The molecule has 21 heavy (non-hydrogen) atoms. The van der Waals surface area contributed by atoms with Crippen molar-refractivity contribution >= 4 is 51.1 Å². The van der Waals surface area contributed by atoms with Crippen LogP contribution in [0.5, 0.6) is 5.75 Å². The van der Waals surface area contributed by atoms with Gasteiger partial charge in [0.25, 0.3) is 0 Å². The predicted octanol–water partition coefficient (Wildman–Crippen LogP) is 3.57. The van der Waals surface area contributed by atoms with Gasteiger partial charge in [0, 0.05) is 18.4 Å². The van der Waals surface area contributed by atoms with Crippen LogP contribution in [0.4, 0.5) is 0 Å². The number of methoxy groups -OCH3 is 1. The first-order valence-corrected chi connectivity index (χ1v) is 7.13. The number of halogens is 1. The second-order valence-electron chi connectivity index (χ2n) is 4.19. The minimum atomic E-state index is -0.431. The van der Waals surface area contributed by atoms with Crippen LogP contribution in [0, 0.1) is 4.71 Å². The molecule has 2 aromatic rings. The van der Waals surface area contributed by atoms with E-state index in [1.807, 2.05) is 0 Å². The number of carbonyl (C=O) groups is 2. The van der Waals surface area contributed by atoms with Crippen molar-refractivity contribution in [2.75, 3.05) is 7.11 Å². The largest absolute Gasteiger partial charge is 0.469 e. The molecule has 0 unspecified atom stereocenters. The summed E-state index contributed by atoms with van der Waals surface area (Å²) in [5.74, 6) is -0.471. The van der Waals surface area contributed by atoms with Gasteiger partial charge in [-0.3, -0.25) is 9.59 Å². The van der Waals surface area contributed by atoms with Crippen LogP contribution in [0.3, 0.4) is 0 Å². The van der Waals surface area contributed by atoms with E-state index < -0.39 is 5.97 Å². The lowest BCUT2D eigenvalue weighted by molar-refractivity contribution is -0.139. The summed E-state index contributed by atoms with van der Waals surface area (Å²) >= 11 is 8.44. The van der Waals surface area contributed by atoms with E-state index in [0.717, 1.165) is 0 Å². The number of hydrogen-bond donors (Lipinski definition) is 0. The summed E-state index contributed by atoms with van der Waals surface area (Å²) in [6.45, 7) is 1.31. The Morgan fingerprint density at radius 1 is 1.38 bits per heavy atom. The summed E-state index contributed by atoms with van der Waals surface area (Å²) in [6, 6.07) is 4.88. The minimum Gasteiger partial charge on any atom is -0.469 e. The molecule has 0 spiro atoms. The Morgan fingerprint density at radius 3 is 2.71 bits per heavy atom. The maximum atomic E-state index is 11.5. The molecule has 0 fully saturated rings. The van der Waals surface area contributed by atoms with Crippen LogP contribution < -0.4 is 4.74 Å². The van der Waals surface area contributed by atoms with E-state index in [4.69, 9.17) is 21.4 Å². The third kappa shape index (κ3) is 3.48. The first-order valence-electron chi connectivity index (χ1n) is 5.93. The smallest absolute Gasteiger partial charge is 0.310 e. The van der Waals surface area contributed by atoms with Crippen molar-refractivity contribution in [1.82, 2.24) is 0 Å². The number of esters is 2. The van der Waals surface area contributed by atoms with E-state index in [2.05, 4.69) is 20.7 Å². The molecule has 7 heteroatoms. The molecule has 5 nitrogen and oxygen atoms in total. The Labute approximate surface area is 134 Å². The van der Waals surface area contributed by atoms with Gasteiger partial charge in [-0.1, -0.05) is 0 Å². The van der Waals surface area contributed by atoms with Gasteiger partial charge < -0.3 is 13.9 Å². The number of benzene rings is 1. The van der Waals surface area contributed by atoms with E-state index in [9.17, 15) is 9.59 Å². The van der Waals surface area contributed by atoms with Crippen molar-refractivity contribution in [3.63, 3.8) is 0 Å². The number of hydrogen-bond acceptors (Lipinski definition) is 6. The first-order chi connectivity index (χ1) is 9.92. The van der Waals surface area contributed by atoms with Crippen LogP contribution in [-0.2, 0) is 20.7 Å². The van der Waals surface area contributed by atoms with E-state index in [1.165, 1.54) is 14.0 Å². The monoisotopic (exact) mass is 370 g/mol. The van der Waals surface area contributed by atoms with Crippen LogP contribution in [0.25, 0.3) is 11.0 Å². The molecule has 1 aromatic carbocycles. The van der Waals surface area contributed by atoms with Crippen molar-refractivity contribution in [2.24, 2.45) is 0 Å². The zero-order valence-corrected chi connectivity index (χ0v) is 13.7. The molecule has 1 heterocycles. The van der Waals surface area contributed by atoms with Gasteiger partial charge in [-0.05, 0) is 45.8 Å². The fraction of sp³-hybridized carbons (Fsp3) is 0.214. The molecule has 0 saturated heterocycles. The molecule has 110 valence electrons. The number of fused-ring (bicyclic) bond motifs is 1. The first kappa shape index (κ1) is 15.7.